The Kier molecular flexibility index (Phi) is 7.34. The highest BCUT2D eigenvalue weighted by Crippen LogP contribution is 2.16. The van der Waals surface area contributed by atoms with Crippen LogP contribution in [0.25, 0.3) is 11.0 Å². The van der Waals surface area contributed by atoms with E-state index in [0.29, 0.717) is 11.0 Å². The minimum atomic E-state index is -1.07. The Morgan fingerprint density at radius 1 is 1.08 bits per heavy atom. The van der Waals surface area contributed by atoms with Crippen LogP contribution in [0.4, 0.5) is 0 Å². The molecule has 134 valence electrons. The largest absolute Gasteiger partial charge is 0.394 e. The van der Waals surface area contributed by atoms with Gasteiger partial charge >= 0.3 is 11.1 Å². The van der Waals surface area contributed by atoms with Crippen molar-refractivity contribution in [2.24, 2.45) is 0 Å². The number of rotatable bonds is 5. The highest BCUT2D eigenvalue weighted by molar-refractivity contribution is 5.76. The molecule has 1 heterocycles. The van der Waals surface area contributed by atoms with Crippen LogP contribution >= 0.6 is 0 Å². The van der Waals surface area contributed by atoms with Gasteiger partial charge in [0.1, 0.15) is 0 Å². The number of hydrogen-bond acceptors (Lipinski definition) is 5. The summed E-state index contributed by atoms with van der Waals surface area (Å²) in [6, 6.07) is 3.55. The van der Waals surface area contributed by atoms with E-state index in [-0.39, 0.29) is 13.0 Å². The second-order valence-electron chi connectivity index (χ2n) is 5.55. The number of aromatic nitrogens is 2. The Balaban J connectivity index is 0.00000139. The van der Waals surface area contributed by atoms with Crippen molar-refractivity contribution in [3.63, 3.8) is 0 Å². The van der Waals surface area contributed by atoms with E-state index in [9.17, 15) is 19.8 Å². The van der Waals surface area contributed by atoms with E-state index in [1.54, 1.807) is 12.1 Å². The van der Waals surface area contributed by atoms with Crippen molar-refractivity contribution < 1.29 is 15.3 Å². The van der Waals surface area contributed by atoms with Gasteiger partial charge in [0, 0.05) is 6.42 Å². The molecular weight excluding hydrogens is 312 g/mol. The van der Waals surface area contributed by atoms with Crippen LogP contribution in [-0.4, -0.2) is 43.7 Å². The first-order chi connectivity index (χ1) is 11.3. The molecule has 0 aliphatic rings. The zero-order valence-corrected chi connectivity index (χ0v) is 14.5. The topological polar surface area (TPSA) is 116 Å². The van der Waals surface area contributed by atoms with Crippen LogP contribution in [0.1, 0.15) is 31.4 Å². The summed E-state index contributed by atoms with van der Waals surface area (Å²) in [5.41, 5.74) is 1.45. The van der Waals surface area contributed by atoms with Crippen molar-refractivity contribution in [2.45, 2.75) is 52.9 Å². The molecule has 4 N–H and O–H groups in total. The van der Waals surface area contributed by atoms with Gasteiger partial charge in [-0.25, -0.2) is 0 Å². The molecule has 0 fully saturated rings. The van der Waals surface area contributed by atoms with E-state index in [0.717, 1.165) is 11.1 Å². The van der Waals surface area contributed by atoms with Gasteiger partial charge in [-0.1, -0.05) is 13.8 Å². The van der Waals surface area contributed by atoms with Gasteiger partial charge in [-0.05, 0) is 37.1 Å². The molecule has 0 aliphatic heterocycles. The Hall–Kier alpha value is -1.96. The number of aliphatic hydroxyl groups is 3. The summed E-state index contributed by atoms with van der Waals surface area (Å²) in [7, 11) is 0. The first kappa shape index (κ1) is 20.1. The average molecular weight is 338 g/mol. The summed E-state index contributed by atoms with van der Waals surface area (Å²) < 4.78 is 1.20. The van der Waals surface area contributed by atoms with Crippen LogP contribution in [-0.2, 0) is 6.54 Å². The molecule has 2 rings (SSSR count). The van der Waals surface area contributed by atoms with Crippen LogP contribution < -0.4 is 11.1 Å². The smallest absolute Gasteiger partial charge is 0.316 e. The number of fused-ring (bicyclic) bond motifs is 1. The lowest BCUT2D eigenvalue weighted by atomic mass is 10.1. The van der Waals surface area contributed by atoms with Crippen molar-refractivity contribution in [3.05, 3.63) is 44.0 Å². The number of hydrogen-bond donors (Lipinski definition) is 4. The van der Waals surface area contributed by atoms with Gasteiger partial charge in [0.25, 0.3) is 0 Å². The fourth-order valence-corrected chi connectivity index (χ4v) is 2.39. The van der Waals surface area contributed by atoms with Crippen LogP contribution in [0.3, 0.4) is 0 Å². The third-order valence-electron chi connectivity index (χ3n) is 3.74. The molecule has 0 saturated carbocycles. The Bertz CT molecular complexity index is 794. The molecule has 2 unspecified atom stereocenters. The summed E-state index contributed by atoms with van der Waals surface area (Å²) in [5, 5.41) is 28.1. The zero-order chi connectivity index (χ0) is 18.4. The van der Waals surface area contributed by atoms with Gasteiger partial charge in [-0.2, -0.15) is 0 Å². The number of aromatic amines is 1. The minimum absolute atomic E-state index is 0.0813. The van der Waals surface area contributed by atoms with Crippen molar-refractivity contribution in [1.29, 1.82) is 0 Å². The van der Waals surface area contributed by atoms with Gasteiger partial charge in [-0.3, -0.25) is 14.2 Å². The monoisotopic (exact) mass is 338 g/mol. The molecule has 1 aromatic carbocycles. The summed E-state index contributed by atoms with van der Waals surface area (Å²) >= 11 is 0. The SMILES string of the molecule is CC.Cc1cc2[nH]c(=O)c(=O)n(CC(O)CC(O)CO)c2cc1C. The van der Waals surface area contributed by atoms with Gasteiger partial charge in [0.2, 0.25) is 0 Å². The standard InChI is InChI=1S/C15H20N2O5.C2H6/c1-8-3-12-13(4-9(8)2)17(15(22)14(21)16-12)6-10(19)5-11(20)7-18;1-2/h3-4,10-11,18-20H,5-7H2,1-2H3,(H,16,21);1-2H3. The molecule has 1 aromatic heterocycles. The quantitative estimate of drug-likeness (QED) is 0.590. The number of H-pyrrole nitrogens is 1. The minimum Gasteiger partial charge on any atom is -0.394 e. The van der Waals surface area contributed by atoms with Crippen molar-refractivity contribution in [3.8, 4) is 0 Å². The summed E-state index contributed by atoms with van der Waals surface area (Å²) in [5.74, 6) is 0. The maximum absolute atomic E-state index is 12.1. The lowest BCUT2D eigenvalue weighted by Crippen LogP contribution is -2.39. The molecule has 0 aliphatic carbocycles. The summed E-state index contributed by atoms with van der Waals surface area (Å²) in [4.78, 5) is 26.3. The molecule has 0 radical (unpaired) electrons. The van der Waals surface area contributed by atoms with Crippen molar-refractivity contribution in [2.75, 3.05) is 6.61 Å². The summed E-state index contributed by atoms with van der Waals surface area (Å²) in [6.07, 6.45) is -2.20. The van der Waals surface area contributed by atoms with E-state index in [2.05, 4.69) is 4.98 Å². The number of nitrogens with one attached hydrogen (secondary N) is 1. The average Bonchev–Trinajstić information content (AvgIpc) is 2.55. The number of benzene rings is 1. The third kappa shape index (κ3) is 4.53. The highest BCUT2D eigenvalue weighted by atomic mass is 16.3. The van der Waals surface area contributed by atoms with E-state index < -0.39 is 29.9 Å². The molecule has 0 saturated heterocycles. The van der Waals surface area contributed by atoms with Crippen LogP contribution in [0.2, 0.25) is 0 Å². The fraction of sp³-hybridized carbons (Fsp3) is 0.529. The number of nitrogens with zero attached hydrogens (tertiary/aromatic N) is 1. The predicted octanol–water partition coefficient (Wildman–Crippen LogP) is 0.437. The van der Waals surface area contributed by atoms with Gasteiger partial charge < -0.3 is 20.3 Å². The van der Waals surface area contributed by atoms with E-state index in [1.165, 1.54) is 4.57 Å². The molecule has 24 heavy (non-hydrogen) atoms. The van der Waals surface area contributed by atoms with Gasteiger partial charge in [0.15, 0.2) is 0 Å². The second-order valence-corrected chi connectivity index (χ2v) is 5.55. The molecule has 0 spiro atoms. The van der Waals surface area contributed by atoms with Crippen molar-refractivity contribution in [1.82, 2.24) is 9.55 Å². The Morgan fingerprint density at radius 3 is 2.25 bits per heavy atom. The third-order valence-corrected chi connectivity index (χ3v) is 3.74. The van der Waals surface area contributed by atoms with Crippen LogP contribution in [0, 0.1) is 13.8 Å². The molecule has 7 nitrogen and oxygen atoms in total. The molecule has 7 heteroatoms. The zero-order valence-electron chi connectivity index (χ0n) is 14.5. The lowest BCUT2D eigenvalue weighted by Gasteiger charge is -2.17. The number of aryl methyl sites for hydroxylation is 2. The maximum atomic E-state index is 12.1. The van der Waals surface area contributed by atoms with Crippen molar-refractivity contribution >= 4 is 11.0 Å². The Labute approximate surface area is 140 Å². The predicted molar refractivity (Wildman–Crippen MR) is 93.4 cm³/mol. The maximum Gasteiger partial charge on any atom is 0.316 e. The van der Waals surface area contributed by atoms with Gasteiger partial charge in [-0.15, -0.1) is 0 Å². The first-order valence-corrected chi connectivity index (χ1v) is 8.04. The highest BCUT2D eigenvalue weighted by Gasteiger charge is 2.16. The molecule has 2 atom stereocenters. The second kappa shape index (κ2) is 8.77. The van der Waals surface area contributed by atoms with Crippen LogP contribution in [0.15, 0.2) is 21.7 Å². The number of aliphatic hydroxyl groups excluding tert-OH is 3. The summed E-state index contributed by atoms with van der Waals surface area (Å²) in [6.45, 7) is 7.19. The Morgan fingerprint density at radius 2 is 1.67 bits per heavy atom. The van der Waals surface area contributed by atoms with E-state index >= 15 is 0 Å². The molecule has 2 aromatic rings. The van der Waals surface area contributed by atoms with E-state index in [4.69, 9.17) is 5.11 Å². The van der Waals surface area contributed by atoms with Gasteiger partial charge in [0.05, 0.1) is 36.4 Å². The molecule has 0 amide bonds. The fourth-order valence-electron chi connectivity index (χ4n) is 2.39. The first-order valence-electron chi connectivity index (χ1n) is 8.04. The lowest BCUT2D eigenvalue weighted by molar-refractivity contribution is 0.0358. The molecular formula is C17H26N2O5. The normalized spacial score (nSPS) is 13.3. The molecule has 0 bridgehead atoms. The van der Waals surface area contributed by atoms with Crippen LogP contribution in [0.5, 0.6) is 0 Å². The van der Waals surface area contributed by atoms with E-state index in [1.807, 2.05) is 27.7 Å².